The van der Waals surface area contributed by atoms with Crippen molar-refractivity contribution in [1.29, 1.82) is 0 Å². The Morgan fingerprint density at radius 2 is 2.24 bits per heavy atom. The van der Waals surface area contributed by atoms with E-state index in [1.807, 2.05) is 0 Å². The Kier molecular flexibility index (Phi) is 2.75. The number of carbonyl (C=O) groups excluding carboxylic acids is 1. The topological polar surface area (TPSA) is 93.8 Å². The van der Waals surface area contributed by atoms with Crippen LogP contribution in [0.25, 0.3) is 0 Å². The summed E-state index contributed by atoms with van der Waals surface area (Å²) in [5, 5.41) is 10.1. The standard InChI is InChI=1S/C10H12O6S/c1-15-9(11)7-2-3-8(16-7)10(12)4-5-17(13,14)6-10/h2-3,12H,4-6H2,1H3. The molecule has 0 amide bonds. The molecule has 1 atom stereocenters. The Labute approximate surface area is 98.1 Å². The first-order valence-corrected chi connectivity index (χ1v) is 6.80. The molecule has 1 saturated heterocycles. The number of hydrogen-bond acceptors (Lipinski definition) is 6. The SMILES string of the molecule is COC(=O)c1ccc(C2(O)CCS(=O)(=O)C2)o1. The van der Waals surface area contributed by atoms with E-state index in [0.717, 1.165) is 0 Å². The summed E-state index contributed by atoms with van der Waals surface area (Å²) in [4.78, 5) is 11.2. The lowest BCUT2D eigenvalue weighted by Gasteiger charge is -2.16. The van der Waals surface area contributed by atoms with E-state index in [0.29, 0.717) is 0 Å². The van der Waals surface area contributed by atoms with Crippen molar-refractivity contribution < 1.29 is 27.5 Å². The third-order valence-electron chi connectivity index (χ3n) is 2.74. The highest BCUT2D eigenvalue weighted by Gasteiger charge is 2.44. The second kappa shape index (κ2) is 3.85. The van der Waals surface area contributed by atoms with E-state index in [1.165, 1.54) is 19.2 Å². The fraction of sp³-hybridized carbons (Fsp3) is 0.500. The minimum atomic E-state index is -3.24. The smallest absolute Gasteiger partial charge is 0.373 e. The molecular formula is C10H12O6S. The van der Waals surface area contributed by atoms with Crippen LogP contribution in [0.5, 0.6) is 0 Å². The lowest BCUT2D eigenvalue weighted by molar-refractivity contribution is 0.0367. The van der Waals surface area contributed by atoms with Gasteiger partial charge in [-0.3, -0.25) is 0 Å². The van der Waals surface area contributed by atoms with Crippen molar-refractivity contribution in [3.63, 3.8) is 0 Å². The zero-order chi connectivity index (χ0) is 12.7. The van der Waals surface area contributed by atoms with E-state index in [-0.39, 0.29) is 29.4 Å². The van der Waals surface area contributed by atoms with Crippen molar-refractivity contribution >= 4 is 15.8 Å². The summed E-state index contributed by atoms with van der Waals surface area (Å²) in [7, 11) is -2.04. The van der Waals surface area contributed by atoms with Crippen LogP contribution in [0.2, 0.25) is 0 Å². The highest BCUT2D eigenvalue weighted by atomic mass is 32.2. The molecule has 94 valence electrons. The van der Waals surface area contributed by atoms with Crippen LogP contribution in [0, 0.1) is 0 Å². The lowest BCUT2D eigenvalue weighted by atomic mass is 10.0. The molecule has 1 aliphatic heterocycles. The number of hydrogen-bond donors (Lipinski definition) is 1. The number of methoxy groups -OCH3 is 1. The highest BCUT2D eigenvalue weighted by Crippen LogP contribution is 2.34. The molecule has 0 bridgehead atoms. The molecule has 0 aliphatic carbocycles. The second-order valence-corrected chi connectivity index (χ2v) is 6.21. The van der Waals surface area contributed by atoms with Gasteiger partial charge in [-0.1, -0.05) is 0 Å². The molecule has 1 aromatic rings. The van der Waals surface area contributed by atoms with Crippen LogP contribution in [0.15, 0.2) is 16.5 Å². The van der Waals surface area contributed by atoms with Crippen LogP contribution in [-0.4, -0.2) is 38.1 Å². The molecule has 1 aliphatic rings. The van der Waals surface area contributed by atoms with E-state index in [9.17, 15) is 18.3 Å². The van der Waals surface area contributed by atoms with Crippen molar-refractivity contribution in [3.05, 3.63) is 23.7 Å². The molecule has 1 fully saturated rings. The van der Waals surface area contributed by atoms with Gasteiger partial charge in [0.25, 0.3) is 0 Å². The first-order valence-electron chi connectivity index (χ1n) is 4.98. The second-order valence-electron chi connectivity index (χ2n) is 4.03. The normalized spacial score (nSPS) is 26.9. The maximum absolute atomic E-state index is 11.3. The summed E-state index contributed by atoms with van der Waals surface area (Å²) >= 11 is 0. The van der Waals surface area contributed by atoms with E-state index in [4.69, 9.17) is 4.42 Å². The molecule has 2 rings (SSSR count). The van der Waals surface area contributed by atoms with Gasteiger partial charge in [0.15, 0.2) is 9.84 Å². The van der Waals surface area contributed by atoms with Gasteiger partial charge in [-0.05, 0) is 18.6 Å². The fourth-order valence-corrected chi connectivity index (χ4v) is 3.63. The molecule has 1 N–H and O–H groups in total. The Morgan fingerprint density at radius 1 is 1.53 bits per heavy atom. The van der Waals surface area contributed by atoms with Gasteiger partial charge in [0.2, 0.25) is 5.76 Å². The quantitative estimate of drug-likeness (QED) is 0.756. The third-order valence-corrected chi connectivity index (χ3v) is 4.48. The predicted molar refractivity (Wildman–Crippen MR) is 57.2 cm³/mol. The summed E-state index contributed by atoms with van der Waals surface area (Å²) in [5.41, 5.74) is -1.54. The van der Waals surface area contributed by atoms with Crippen molar-refractivity contribution in [2.24, 2.45) is 0 Å². The number of furan rings is 1. The lowest BCUT2D eigenvalue weighted by Crippen LogP contribution is -2.26. The van der Waals surface area contributed by atoms with Gasteiger partial charge in [0.1, 0.15) is 11.4 Å². The van der Waals surface area contributed by atoms with Gasteiger partial charge in [0.05, 0.1) is 18.6 Å². The van der Waals surface area contributed by atoms with Crippen molar-refractivity contribution in [2.75, 3.05) is 18.6 Å². The molecule has 7 heteroatoms. The van der Waals surface area contributed by atoms with Gasteiger partial charge in [-0.2, -0.15) is 0 Å². The Balaban J connectivity index is 2.30. The first-order chi connectivity index (χ1) is 7.86. The number of sulfone groups is 1. The van der Waals surface area contributed by atoms with E-state index >= 15 is 0 Å². The number of carbonyl (C=O) groups is 1. The third kappa shape index (κ3) is 2.20. The minimum absolute atomic E-state index is 0.0553. The zero-order valence-electron chi connectivity index (χ0n) is 9.17. The molecule has 17 heavy (non-hydrogen) atoms. The predicted octanol–water partition coefficient (Wildman–Crippen LogP) is 0.0723. The minimum Gasteiger partial charge on any atom is -0.463 e. The van der Waals surface area contributed by atoms with Crippen molar-refractivity contribution in [1.82, 2.24) is 0 Å². The van der Waals surface area contributed by atoms with Crippen LogP contribution < -0.4 is 0 Å². The molecule has 0 aromatic carbocycles. The van der Waals surface area contributed by atoms with Crippen LogP contribution >= 0.6 is 0 Å². The molecule has 2 heterocycles. The Bertz CT molecular complexity index is 543. The van der Waals surface area contributed by atoms with E-state index in [2.05, 4.69) is 4.74 Å². The molecule has 0 saturated carbocycles. The maximum atomic E-state index is 11.3. The van der Waals surface area contributed by atoms with Crippen LogP contribution in [0.4, 0.5) is 0 Å². The van der Waals surface area contributed by atoms with Crippen molar-refractivity contribution in [2.45, 2.75) is 12.0 Å². The van der Waals surface area contributed by atoms with Gasteiger partial charge >= 0.3 is 5.97 Å². The average Bonchev–Trinajstić information content (AvgIpc) is 2.83. The van der Waals surface area contributed by atoms with Gasteiger partial charge < -0.3 is 14.3 Å². The summed E-state index contributed by atoms with van der Waals surface area (Å²) < 4.78 is 32.2. The summed E-state index contributed by atoms with van der Waals surface area (Å²) in [5.74, 6) is -1.11. The maximum Gasteiger partial charge on any atom is 0.373 e. The van der Waals surface area contributed by atoms with Crippen molar-refractivity contribution in [3.8, 4) is 0 Å². The van der Waals surface area contributed by atoms with Crippen LogP contribution in [0.3, 0.4) is 0 Å². The molecule has 0 spiro atoms. The number of aliphatic hydroxyl groups is 1. The summed E-state index contributed by atoms with van der Waals surface area (Å²) in [6.45, 7) is 0. The van der Waals surface area contributed by atoms with Gasteiger partial charge in [-0.25, -0.2) is 13.2 Å². The fourth-order valence-electron chi connectivity index (χ4n) is 1.83. The molecule has 1 aromatic heterocycles. The van der Waals surface area contributed by atoms with Crippen LogP contribution in [-0.2, 0) is 20.2 Å². The molecular weight excluding hydrogens is 248 g/mol. The van der Waals surface area contributed by atoms with E-state index in [1.54, 1.807) is 0 Å². The number of ether oxygens (including phenoxy) is 1. The van der Waals surface area contributed by atoms with E-state index < -0.39 is 21.4 Å². The number of rotatable bonds is 2. The summed E-state index contributed by atoms with van der Waals surface area (Å²) in [6.07, 6.45) is 0.0729. The van der Waals surface area contributed by atoms with Gasteiger partial charge in [-0.15, -0.1) is 0 Å². The Hall–Kier alpha value is -1.34. The highest BCUT2D eigenvalue weighted by molar-refractivity contribution is 7.91. The first kappa shape index (κ1) is 12.1. The Morgan fingerprint density at radius 3 is 2.76 bits per heavy atom. The molecule has 1 unspecified atom stereocenters. The van der Waals surface area contributed by atoms with Gasteiger partial charge in [0, 0.05) is 0 Å². The largest absolute Gasteiger partial charge is 0.463 e. The zero-order valence-corrected chi connectivity index (χ0v) is 9.99. The average molecular weight is 260 g/mol. The molecule has 6 nitrogen and oxygen atoms in total. The van der Waals surface area contributed by atoms with Crippen LogP contribution in [0.1, 0.15) is 22.7 Å². The monoisotopic (exact) mass is 260 g/mol. The summed E-state index contributed by atoms with van der Waals surface area (Å²) in [6, 6.07) is 2.75. The molecule has 0 radical (unpaired) electrons. The number of esters is 1.